The van der Waals surface area contributed by atoms with E-state index in [0.29, 0.717) is 16.2 Å². The average Bonchev–Trinajstić information content (AvgIpc) is 2.94. The Hall–Kier alpha value is -3.12. The van der Waals surface area contributed by atoms with Crippen LogP contribution in [0.2, 0.25) is 10.0 Å². The van der Waals surface area contributed by atoms with Crippen molar-refractivity contribution in [2.24, 2.45) is 5.41 Å². The number of allylic oxidation sites excluding steroid dienone is 1. The van der Waals surface area contributed by atoms with Gasteiger partial charge in [-0.1, -0.05) is 29.5 Å². The third-order valence-corrected chi connectivity index (χ3v) is 6.16. The third-order valence-electron chi connectivity index (χ3n) is 5.68. The van der Waals surface area contributed by atoms with Crippen LogP contribution in [0.15, 0.2) is 54.1 Å². The molecule has 3 N–H and O–H groups in total. The van der Waals surface area contributed by atoms with E-state index in [1.54, 1.807) is 6.07 Å². The summed E-state index contributed by atoms with van der Waals surface area (Å²) in [6.45, 7) is -1.76. The summed E-state index contributed by atoms with van der Waals surface area (Å²) in [7, 11) is 0. The minimum absolute atomic E-state index is 0. The molecule has 0 fully saturated rings. The van der Waals surface area contributed by atoms with Gasteiger partial charge in [0.25, 0.3) is 0 Å². The summed E-state index contributed by atoms with van der Waals surface area (Å²) in [5.74, 6) is -0.625. The van der Waals surface area contributed by atoms with E-state index < -0.39 is 42.7 Å². The standard InChI is InChI=1S/C21H19ClF3N5O3.C6H4Cl.Li/c22-15-3-1-14(2-4-15)18(28)30(10-17(32)21(23,24)25)19(33)29-9-16(27)13-5-7-20(11-26,12-31)8-6-13;7-6-4-2-1-3-5-6;/h1-4,12,17,28,32H,5,7-10H2,(H,29,33);1-2,4-5H;/q-2;-1;+1/t17-,20?;;/m0../s1. The molecular formula is C27H23Cl2F3LiN5O3-2. The minimum atomic E-state index is -5.03. The summed E-state index contributed by atoms with van der Waals surface area (Å²) in [4.78, 5) is 24.1. The van der Waals surface area contributed by atoms with Gasteiger partial charge in [0.05, 0.1) is 12.6 Å². The number of amidine groups is 1. The van der Waals surface area contributed by atoms with Crippen molar-refractivity contribution in [3.05, 3.63) is 87.3 Å². The molecule has 1 aliphatic carbocycles. The molecule has 3 rings (SSSR count). The number of benzene rings is 2. The SMILES string of the molecule is Clc1c[c-]ccc1.N#CC1(C=O)C[C-]=C(C(=[N-])CNC(=O)N(C[C@H](O)C(F)(F)F)C(=N)c2ccc(Cl)cc2)CC1.[Li+]. The molecule has 41 heavy (non-hydrogen) atoms. The number of aldehydes is 1. The van der Waals surface area contributed by atoms with Crippen LogP contribution in [0, 0.1) is 34.3 Å². The Morgan fingerprint density at radius 3 is 2.39 bits per heavy atom. The van der Waals surface area contributed by atoms with Crippen LogP contribution in [0.3, 0.4) is 0 Å². The van der Waals surface area contributed by atoms with Crippen LogP contribution in [-0.2, 0) is 4.79 Å². The fraction of sp³-hybridized carbons (Fsp3) is 0.296. The van der Waals surface area contributed by atoms with Gasteiger partial charge >= 0.3 is 31.1 Å². The van der Waals surface area contributed by atoms with Gasteiger partial charge in [0.15, 0.2) is 6.10 Å². The fourth-order valence-electron chi connectivity index (χ4n) is 3.31. The Morgan fingerprint density at radius 1 is 1.29 bits per heavy atom. The van der Waals surface area contributed by atoms with Crippen LogP contribution < -0.4 is 24.2 Å². The van der Waals surface area contributed by atoms with Crippen LogP contribution in [0.5, 0.6) is 0 Å². The number of amides is 2. The zero-order valence-electron chi connectivity index (χ0n) is 21.8. The van der Waals surface area contributed by atoms with Crippen molar-refractivity contribution in [1.29, 1.82) is 10.7 Å². The summed E-state index contributed by atoms with van der Waals surface area (Å²) in [6.07, 6.45) is -4.47. The number of aliphatic hydroxyl groups excluding tert-OH is 1. The molecule has 2 atom stereocenters. The molecule has 0 radical (unpaired) electrons. The smallest absolute Gasteiger partial charge is 0.906 e. The molecule has 2 aromatic rings. The number of alkyl halides is 3. The van der Waals surface area contributed by atoms with E-state index in [2.05, 4.69) is 17.5 Å². The van der Waals surface area contributed by atoms with Crippen LogP contribution in [0.4, 0.5) is 18.0 Å². The second kappa shape index (κ2) is 16.4. The first-order valence-electron chi connectivity index (χ1n) is 11.6. The Labute approximate surface area is 257 Å². The van der Waals surface area contributed by atoms with E-state index in [4.69, 9.17) is 33.9 Å². The Morgan fingerprint density at radius 2 is 1.95 bits per heavy atom. The van der Waals surface area contributed by atoms with Gasteiger partial charge in [-0.15, -0.1) is 0 Å². The van der Waals surface area contributed by atoms with Crippen LogP contribution in [-0.4, -0.2) is 59.2 Å². The molecule has 212 valence electrons. The second-order valence-corrected chi connectivity index (χ2v) is 9.44. The molecule has 0 heterocycles. The van der Waals surface area contributed by atoms with Gasteiger partial charge in [0, 0.05) is 10.6 Å². The number of carbonyl (C=O) groups is 2. The van der Waals surface area contributed by atoms with Crippen molar-refractivity contribution in [3.63, 3.8) is 0 Å². The van der Waals surface area contributed by atoms with Gasteiger partial charge in [-0.05, 0) is 37.2 Å². The van der Waals surface area contributed by atoms with Crippen molar-refractivity contribution in [2.45, 2.75) is 31.5 Å². The van der Waals surface area contributed by atoms with Crippen molar-refractivity contribution in [2.75, 3.05) is 13.1 Å². The summed E-state index contributed by atoms with van der Waals surface area (Å²) < 4.78 is 38.6. The number of aliphatic hydroxyl groups is 1. The van der Waals surface area contributed by atoms with E-state index >= 15 is 0 Å². The minimum Gasteiger partial charge on any atom is -0.906 e. The molecule has 0 aliphatic heterocycles. The van der Waals surface area contributed by atoms with E-state index in [-0.39, 0.29) is 55.0 Å². The van der Waals surface area contributed by atoms with Crippen molar-refractivity contribution in [1.82, 2.24) is 10.2 Å². The van der Waals surface area contributed by atoms with Crippen molar-refractivity contribution < 1.29 is 46.7 Å². The van der Waals surface area contributed by atoms with Gasteiger partial charge in [-0.2, -0.15) is 60.4 Å². The van der Waals surface area contributed by atoms with Crippen LogP contribution in [0.25, 0.3) is 5.41 Å². The van der Waals surface area contributed by atoms with Gasteiger partial charge in [-0.3, -0.25) is 16.4 Å². The van der Waals surface area contributed by atoms with Crippen molar-refractivity contribution in [3.8, 4) is 6.07 Å². The number of nitriles is 1. The zero-order valence-corrected chi connectivity index (χ0v) is 23.3. The first kappa shape index (κ1) is 35.9. The third kappa shape index (κ3) is 11.0. The second-order valence-electron chi connectivity index (χ2n) is 8.57. The van der Waals surface area contributed by atoms with Crippen molar-refractivity contribution >= 4 is 47.1 Å². The van der Waals surface area contributed by atoms with Gasteiger partial charge < -0.3 is 26.3 Å². The number of hydrogen-bond donors (Lipinski definition) is 3. The van der Waals surface area contributed by atoms with E-state index in [1.165, 1.54) is 24.3 Å². The first-order valence-corrected chi connectivity index (χ1v) is 12.4. The van der Waals surface area contributed by atoms with E-state index in [1.807, 2.05) is 24.3 Å². The molecule has 1 unspecified atom stereocenters. The number of hydrogen-bond acceptors (Lipinski definition) is 5. The molecule has 8 nitrogen and oxygen atoms in total. The summed E-state index contributed by atoms with van der Waals surface area (Å²) in [5.41, 5.74) is -1.25. The maximum Gasteiger partial charge on any atom is 1.00 e. The number of rotatable bonds is 7. The number of carbonyl (C=O) groups excluding carboxylic acids is 2. The number of nitrogens with one attached hydrogen (secondary N) is 2. The fourth-order valence-corrected chi connectivity index (χ4v) is 3.57. The molecule has 2 aromatic carbocycles. The predicted octanol–water partition coefficient (Wildman–Crippen LogP) is 2.38. The van der Waals surface area contributed by atoms with Gasteiger partial charge in [-0.25, -0.2) is 10.4 Å². The van der Waals surface area contributed by atoms with Crippen LogP contribution >= 0.6 is 23.2 Å². The first-order chi connectivity index (χ1) is 18.8. The molecule has 0 saturated carbocycles. The summed E-state index contributed by atoms with van der Waals surface area (Å²) in [5, 5.41) is 40.2. The Kier molecular flexibility index (Phi) is 14.3. The molecule has 0 spiro atoms. The number of halogens is 5. The molecule has 2 amide bonds. The molecule has 1 aliphatic rings. The zero-order chi connectivity index (χ0) is 29.9. The average molecular weight is 600 g/mol. The molecule has 0 bridgehead atoms. The normalized spacial score (nSPS) is 16.8. The predicted molar refractivity (Wildman–Crippen MR) is 144 cm³/mol. The molecular weight excluding hydrogens is 577 g/mol. The van der Waals surface area contributed by atoms with Gasteiger partial charge in [0.1, 0.15) is 17.5 Å². The summed E-state index contributed by atoms with van der Waals surface area (Å²) >= 11 is 11.3. The summed E-state index contributed by atoms with van der Waals surface area (Å²) in [6, 6.07) is 16.2. The monoisotopic (exact) mass is 599 g/mol. The molecule has 0 aromatic heterocycles. The quantitative estimate of drug-likeness (QED) is 0.148. The topological polar surface area (TPSA) is 140 Å². The van der Waals surface area contributed by atoms with E-state index in [9.17, 15) is 33.3 Å². The Bertz CT molecular complexity index is 1290. The largest absolute Gasteiger partial charge is 1.00 e. The molecule has 0 saturated heterocycles. The van der Waals surface area contributed by atoms with Gasteiger partial charge in [0.2, 0.25) is 0 Å². The number of nitrogens with zero attached hydrogens (tertiary/aromatic N) is 3. The maximum atomic E-state index is 12.9. The number of urea groups is 1. The van der Waals surface area contributed by atoms with E-state index in [0.717, 1.165) is 5.02 Å². The van der Waals surface area contributed by atoms with Crippen LogP contribution in [0.1, 0.15) is 24.8 Å². The Balaban J connectivity index is 0.000000913. The molecule has 14 heteroatoms. The maximum absolute atomic E-state index is 12.9.